The first kappa shape index (κ1) is 28.2. The van der Waals surface area contributed by atoms with Gasteiger partial charge in [-0.05, 0) is 67.9 Å². The number of H-pyrrole nitrogens is 1. The van der Waals surface area contributed by atoms with Crippen molar-refractivity contribution in [1.82, 2.24) is 10.3 Å². The number of rotatable bonds is 2. The maximum Gasteiger partial charge on any atom is 0.235 e. The number of para-hydroxylation sites is 1. The smallest absolute Gasteiger partial charge is 0.235 e. The number of aliphatic hydroxyl groups excluding tert-OH is 2. The summed E-state index contributed by atoms with van der Waals surface area (Å²) in [5, 5.41) is 37.8. The van der Waals surface area contributed by atoms with E-state index >= 15 is 0 Å². The monoisotopic (exact) mass is 546 g/mol. The molecule has 1 aromatic heterocycles. The van der Waals surface area contributed by atoms with Gasteiger partial charge in [-0.15, -0.1) is 0 Å². The summed E-state index contributed by atoms with van der Waals surface area (Å²) in [4.78, 5) is 44.3. The number of carbonyl (C=O) groups excluding carboxylic acids is 3. The number of aromatic nitrogens is 1. The molecular formula is C32H38N2O6. The molecular weight excluding hydrogens is 508 g/mol. The Morgan fingerprint density at radius 3 is 2.55 bits per heavy atom. The van der Waals surface area contributed by atoms with E-state index in [2.05, 4.69) is 10.3 Å². The highest BCUT2D eigenvalue weighted by molar-refractivity contribution is 6.15. The molecule has 2 aliphatic carbocycles. The molecule has 40 heavy (non-hydrogen) atoms. The molecule has 9 atom stereocenters. The predicted molar refractivity (Wildman–Crippen MR) is 151 cm³/mol. The lowest BCUT2D eigenvalue weighted by Gasteiger charge is -2.54. The van der Waals surface area contributed by atoms with E-state index < -0.39 is 64.5 Å². The van der Waals surface area contributed by atoms with Crippen LogP contribution in [0.5, 0.6) is 0 Å². The summed E-state index contributed by atoms with van der Waals surface area (Å²) < 4.78 is 0. The second kappa shape index (κ2) is 10.3. The summed E-state index contributed by atoms with van der Waals surface area (Å²) in [6, 6.07) is 7.30. The van der Waals surface area contributed by atoms with E-state index in [9.17, 15) is 29.7 Å². The molecule has 2 fully saturated rings. The third-order valence-corrected chi connectivity index (χ3v) is 9.60. The van der Waals surface area contributed by atoms with Crippen molar-refractivity contribution >= 4 is 28.4 Å². The first-order valence-electron chi connectivity index (χ1n) is 14.0. The van der Waals surface area contributed by atoms with Crippen LogP contribution in [-0.2, 0) is 20.8 Å². The Bertz CT molecular complexity index is 1430. The van der Waals surface area contributed by atoms with E-state index in [1.807, 2.05) is 43.5 Å². The fraction of sp³-hybridized carbons (Fsp3) is 0.469. The Morgan fingerprint density at radius 1 is 1.07 bits per heavy atom. The summed E-state index contributed by atoms with van der Waals surface area (Å²) in [7, 11) is 0. The highest BCUT2D eigenvalue weighted by atomic mass is 16.3. The van der Waals surface area contributed by atoms with Gasteiger partial charge >= 0.3 is 0 Å². The van der Waals surface area contributed by atoms with Crippen LogP contribution in [0.1, 0.15) is 39.7 Å². The highest BCUT2D eigenvalue weighted by Gasteiger charge is 2.71. The molecule has 0 radical (unpaired) electrons. The number of amides is 1. The normalized spacial score (nSPS) is 41.5. The number of nitrogens with one attached hydrogen (secondary N) is 2. The number of hydrogen-bond donors (Lipinski definition) is 5. The van der Waals surface area contributed by atoms with Gasteiger partial charge in [-0.25, -0.2) is 0 Å². The van der Waals surface area contributed by atoms with Crippen molar-refractivity contribution < 1.29 is 29.7 Å². The summed E-state index contributed by atoms with van der Waals surface area (Å²) in [6.07, 6.45) is 7.38. The molecule has 8 nitrogen and oxygen atoms in total. The molecule has 0 bridgehead atoms. The molecule has 3 aliphatic rings. The average Bonchev–Trinajstić information content (AvgIpc) is 3.45. The van der Waals surface area contributed by atoms with E-state index in [0.29, 0.717) is 18.4 Å². The van der Waals surface area contributed by atoms with Crippen molar-refractivity contribution in [2.24, 2.45) is 29.1 Å². The molecule has 8 heteroatoms. The van der Waals surface area contributed by atoms with Gasteiger partial charge in [0.2, 0.25) is 5.91 Å². The number of allylic oxidation sites excluding steroid dienone is 3. The molecule has 1 saturated carbocycles. The standard InChI is InChI=1S/C32H38N2O6/c1-17-8-7-10-22-29(38)31(4,40)19(3)27-24(15-20-16-33-23-11-6-5-9-21(20)23)34-30(39)32(22,27)26(36)13-12-25(35)28(37)18(2)14-17/h5-7,9-14,16-17,19,22,24,27-29,33,37-38,40H,8,15H2,1-4H3,(H,34,39)/b10-7+,13-12+,18-14-/t17-,19-,22-,24-,27-,28+,29-,31+,32+/m0/s1. The zero-order chi connectivity index (χ0) is 29.0. The lowest BCUT2D eigenvalue weighted by molar-refractivity contribution is -0.197. The van der Waals surface area contributed by atoms with Gasteiger partial charge in [0.15, 0.2) is 11.6 Å². The van der Waals surface area contributed by atoms with E-state index in [-0.39, 0.29) is 5.92 Å². The fourth-order valence-corrected chi connectivity index (χ4v) is 7.28. The number of carbonyl (C=O) groups is 3. The second-order valence-electron chi connectivity index (χ2n) is 12.1. The number of fused-ring (bicyclic) bond motifs is 1. The van der Waals surface area contributed by atoms with Gasteiger partial charge in [0.25, 0.3) is 0 Å². The van der Waals surface area contributed by atoms with Crippen molar-refractivity contribution in [2.45, 2.75) is 64.4 Å². The number of ketones is 2. The SMILES string of the molecule is C/C1=C/[C@@H](C)C/C=C/[C@H]2[C@H](O)[C@](C)(O)[C@@H](C)[C@H]3[C@H](Cc4c[nH]c5ccccc45)NC(=O)[C@]32C(=O)/C=C/C(=O)[C@@H]1O. The molecule has 1 aliphatic heterocycles. The van der Waals surface area contributed by atoms with Gasteiger partial charge in [-0.2, -0.15) is 0 Å². The second-order valence-corrected chi connectivity index (χ2v) is 12.1. The highest BCUT2D eigenvalue weighted by Crippen LogP contribution is 2.58. The molecule has 1 spiro atoms. The lowest BCUT2D eigenvalue weighted by atomic mass is 9.49. The number of hydrogen-bond acceptors (Lipinski definition) is 6. The van der Waals surface area contributed by atoms with Gasteiger partial charge in [0.05, 0.1) is 11.7 Å². The number of aliphatic hydroxyl groups is 3. The molecule has 1 saturated heterocycles. The lowest BCUT2D eigenvalue weighted by Crippen LogP contribution is -2.67. The van der Waals surface area contributed by atoms with Crippen molar-refractivity contribution in [2.75, 3.05) is 0 Å². The molecule has 0 unspecified atom stereocenters. The summed E-state index contributed by atoms with van der Waals surface area (Å²) in [5.74, 6) is -4.25. The van der Waals surface area contributed by atoms with Crippen LogP contribution in [0.4, 0.5) is 0 Å². The van der Waals surface area contributed by atoms with Crippen LogP contribution in [0.2, 0.25) is 0 Å². The van der Waals surface area contributed by atoms with Crippen molar-refractivity contribution in [3.8, 4) is 0 Å². The van der Waals surface area contributed by atoms with E-state index in [1.54, 1.807) is 32.9 Å². The predicted octanol–water partition coefficient (Wildman–Crippen LogP) is 2.79. The summed E-state index contributed by atoms with van der Waals surface area (Å²) >= 11 is 0. The average molecular weight is 547 g/mol. The molecule has 2 aromatic rings. The maximum absolute atomic E-state index is 14.2. The molecule has 5 rings (SSSR count). The van der Waals surface area contributed by atoms with Crippen LogP contribution in [0.25, 0.3) is 10.9 Å². The van der Waals surface area contributed by atoms with Crippen LogP contribution in [-0.4, -0.2) is 61.6 Å². The van der Waals surface area contributed by atoms with Gasteiger partial charge in [0, 0.05) is 35.0 Å². The van der Waals surface area contributed by atoms with Gasteiger partial charge in [-0.1, -0.05) is 50.3 Å². The molecule has 2 heterocycles. The molecule has 1 aromatic carbocycles. The first-order valence-corrected chi connectivity index (χ1v) is 14.0. The third kappa shape index (κ3) is 4.29. The zero-order valence-corrected chi connectivity index (χ0v) is 23.3. The van der Waals surface area contributed by atoms with Gasteiger partial charge in [-0.3, -0.25) is 14.4 Å². The zero-order valence-electron chi connectivity index (χ0n) is 23.3. The van der Waals surface area contributed by atoms with E-state index in [1.165, 1.54) is 0 Å². The Balaban J connectivity index is 1.66. The quantitative estimate of drug-likeness (QED) is 0.290. The minimum Gasteiger partial charge on any atom is -0.389 e. The Labute approximate surface area is 233 Å². The van der Waals surface area contributed by atoms with Crippen molar-refractivity contribution in [3.63, 3.8) is 0 Å². The summed E-state index contributed by atoms with van der Waals surface area (Å²) in [5.41, 5.74) is -0.961. The molecule has 5 N–H and O–H groups in total. The number of benzene rings is 1. The maximum atomic E-state index is 14.2. The first-order chi connectivity index (χ1) is 18.9. The minimum absolute atomic E-state index is 0.0573. The van der Waals surface area contributed by atoms with E-state index in [0.717, 1.165) is 28.6 Å². The van der Waals surface area contributed by atoms with Crippen LogP contribution < -0.4 is 5.32 Å². The van der Waals surface area contributed by atoms with Crippen LogP contribution in [0, 0.1) is 29.1 Å². The molecule has 1 amide bonds. The van der Waals surface area contributed by atoms with Crippen LogP contribution >= 0.6 is 0 Å². The van der Waals surface area contributed by atoms with Crippen LogP contribution in [0.15, 0.2) is 66.4 Å². The molecule has 212 valence electrons. The Morgan fingerprint density at radius 2 is 1.80 bits per heavy atom. The Kier molecular flexibility index (Phi) is 7.23. The van der Waals surface area contributed by atoms with E-state index in [4.69, 9.17) is 0 Å². The van der Waals surface area contributed by atoms with Gasteiger partial charge in [0.1, 0.15) is 11.5 Å². The Hall–Kier alpha value is -3.33. The number of aromatic amines is 1. The van der Waals surface area contributed by atoms with Crippen molar-refractivity contribution in [3.05, 3.63) is 72.0 Å². The largest absolute Gasteiger partial charge is 0.389 e. The summed E-state index contributed by atoms with van der Waals surface area (Å²) in [6.45, 7) is 6.91. The van der Waals surface area contributed by atoms with Crippen LogP contribution in [0.3, 0.4) is 0 Å². The topological polar surface area (TPSA) is 140 Å². The van der Waals surface area contributed by atoms with Gasteiger partial charge < -0.3 is 25.6 Å². The fourth-order valence-electron chi connectivity index (χ4n) is 7.28. The third-order valence-electron chi connectivity index (χ3n) is 9.60. The minimum atomic E-state index is -1.75. The van der Waals surface area contributed by atoms with Crippen molar-refractivity contribution in [1.29, 1.82) is 0 Å².